The summed E-state index contributed by atoms with van der Waals surface area (Å²) in [4.78, 5) is 119. The molecular weight excluding hydrogens is 1760 g/mol. The number of carbonyl (C=O) groups is 7. The van der Waals surface area contributed by atoms with Gasteiger partial charge in [0, 0.05) is 100 Å². The van der Waals surface area contributed by atoms with Crippen LogP contribution in [0.3, 0.4) is 0 Å². The highest BCUT2D eigenvalue weighted by Crippen LogP contribution is 2.43. The zero-order chi connectivity index (χ0) is 90.6. The van der Waals surface area contributed by atoms with Gasteiger partial charge in [0.15, 0.2) is 20.5 Å². The minimum atomic E-state index is -3.51. The third-order valence-corrected chi connectivity index (χ3v) is 28.1. The fraction of sp³-hybridized carbons (Fsp3) is 0.517. The first-order chi connectivity index (χ1) is 60.1. The topological polar surface area (TPSA) is 381 Å². The Hall–Kier alpha value is -8.96. The number of hydrogen-bond acceptors (Lipinski definition) is 28. The van der Waals surface area contributed by atoms with Crippen molar-refractivity contribution < 1.29 is 79.9 Å². The molecule has 5 atom stereocenters. The Morgan fingerprint density at radius 1 is 0.595 bits per heavy atom. The molecule has 1 fully saturated rings. The van der Waals surface area contributed by atoms with Gasteiger partial charge in [-0.1, -0.05) is 92.5 Å². The summed E-state index contributed by atoms with van der Waals surface area (Å²) in [6.45, 7) is 25.5. The van der Waals surface area contributed by atoms with Crippen LogP contribution in [0.4, 0.5) is 4.79 Å². The molecule has 680 valence electrons. The van der Waals surface area contributed by atoms with E-state index in [1.807, 2.05) is 103 Å². The number of nitrogens with zero attached hydrogens (tertiary/aromatic N) is 11. The van der Waals surface area contributed by atoms with Gasteiger partial charge in [0.05, 0.1) is 131 Å². The third kappa shape index (κ3) is 26.9. The summed E-state index contributed by atoms with van der Waals surface area (Å²) >= 11 is 17.4. The molecule has 0 aliphatic carbocycles. The van der Waals surface area contributed by atoms with E-state index >= 15 is 0 Å². The van der Waals surface area contributed by atoms with Crippen molar-refractivity contribution in [1.82, 2.24) is 65.6 Å². The standard InChI is InChI=1S/C87H111Cl2N15O17S5/c1-52-55(4)123-83-73(52)75(60-21-25-63(88)26-22-60)94-66(79-99-97-57(6)103(79)83)46-70(106)90-29-33-114-37-41-118-43-39-116-35-31-101(32-36-117-40-44-119-42-38-115-34-30-91-71(107)47-67-80-100-98-58(7)104(80)84-74(53(2)56(5)124-84)76(95-67)61-23-27-64(89)28-24-61)72(108)16-14-15-69(105)96-78(86(8,9)10)82(110)102-49-65(121-85(111)120-50-87(11,12)125-126(13,112)113)45-68(102)81(109)92-48-59-17-19-62(20-18-59)77-54(3)93-51-122-77/h17-28,51,65-68,78H,14-16,29-50H2,1-13H3,(H,90,106)(H,91,107)(H,92,109)(H,96,105)/t65-,66?,67?,68+,78?/m1/s1. The van der Waals surface area contributed by atoms with Crippen LogP contribution in [0, 0.1) is 53.9 Å². The summed E-state index contributed by atoms with van der Waals surface area (Å²) in [6.07, 6.45) is -1.25. The van der Waals surface area contributed by atoms with Crippen molar-refractivity contribution in [2.24, 2.45) is 15.4 Å². The van der Waals surface area contributed by atoms with E-state index < -0.39 is 73.2 Å². The number of halogens is 2. The number of nitrogens with one attached hydrogen (secondary N) is 4. The summed E-state index contributed by atoms with van der Waals surface area (Å²) in [5.41, 5.74) is 10.9. The van der Waals surface area contributed by atoms with Gasteiger partial charge in [0.2, 0.25) is 35.4 Å². The van der Waals surface area contributed by atoms with E-state index in [-0.39, 0.29) is 181 Å². The van der Waals surface area contributed by atoms with E-state index in [9.17, 15) is 42.0 Å². The summed E-state index contributed by atoms with van der Waals surface area (Å²) in [5.74, 6) is 0.133. The molecular formula is C87H111Cl2N15O17S5. The third-order valence-electron chi connectivity index (χ3n) is 21.1. The normalized spacial score (nSPS) is 15.8. The van der Waals surface area contributed by atoms with Crippen molar-refractivity contribution >= 4 is 130 Å². The van der Waals surface area contributed by atoms with E-state index in [1.54, 1.807) is 67.7 Å². The minimum absolute atomic E-state index is 0.0250. The molecule has 126 heavy (non-hydrogen) atoms. The molecule has 3 aliphatic heterocycles. The number of fused-ring (bicyclic) bond motifs is 6. The van der Waals surface area contributed by atoms with E-state index in [4.69, 9.17) is 71.1 Å². The Morgan fingerprint density at radius 2 is 1.06 bits per heavy atom. The lowest BCUT2D eigenvalue weighted by atomic mass is 9.85. The molecule has 0 radical (unpaired) electrons. The number of aliphatic imine (C=N–C) groups is 2. The van der Waals surface area contributed by atoms with Gasteiger partial charge in [0.1, 0.15) is 58.5 Å². The lowest BCUT2D eigenvalue weighted by Crippen LogP contribution is -2.57. The van der Waals surface area contributed by atoms with E-state index in [0.29, 0.717) is 44.1 Å². The molecule has 8 aromatic rings. The van der Waals surface area contributed by atoms with Crippen molar-refractivity contribution in [1.29, 1.82) is 0 Å². The van der Waals surface area contributed by atoms with Gasteiger partial charge in [-0.15, -0.1) is 54.4 Å². The molecule has 8 heterocycles. The van der Waals surface area contributed by atoms with Crippen molar-refractivity contribution in [2.45, 2.75) is 163 Å². The van der Waals surface area contributed by atoms with Crippen LogP contribution in [-0.4, -0.2) is 254 Å². The molecule has 1 saturated heterocycles. The van der Waals surface area contributed by atoms with Crippen molar-refractivity contribution in [2.75, 3.05) is 125 Å². The maximum Gasteiger partial charge on any atom is 0.508 e. The first-order valence-electron chi connectivity index (χ1n) is 41.7. The van der Waals surface area contributed by atoms with Crippen molar-refractivity contribution in [3.63, 3.8) is 0 Å². The van der Waals surface area contributed by atoms with Gasteiger partial charge in [-0.3, -0.25) is 47.9 Å². The zero-order valence-corrected chi connectivity index (χ0v) is 78.8. The number of likely N-dealkylation sites (tertiary alicyclic amines) is 1. The second-order valence-corrected chi connectivity index (χ2v) is 41.6. The Balaban J connectivity index is 0.637. The number of benzene rings is 3. The number of aryl methyl sites for hydroxylation is 5. The zero-order valence-electron chi connectivity index (χ0n) is 73.2. The number of carbonyl (C=O) groups excluding carboxylic acids is 7. The highest BCUT2D eigenvalue weighted by molar-refractivity contribution is 8.72. The molecule has 3 aromatic carbocycles. The molecule has 11 rings (SSSR count). The number of amides is 6. The van der Waals surface area contributed by atoms with Crippen LogP contribution in [0.15, 0.2) is 88.3 Å². The molecule has 32 nitrogen and oxygen atoms in total. The molecule has 0 spiro atoms. The molecule has 4 N–H and O–H groups in total. The number of aromatic nitrogens is 7. The number of thiophene rings is 2. The SMILES string of the molecule is Cc1ncsc1-c1ccc(CNC(=O)[C@@H]2C[C@@H](OC(=O)OCC(C)(C)SS(C)(=O)=O)CN2C(=O)C(NC(=O)CCCC(=O)N(CCOCCOCCOCCNC(=O)CC2N=C(c3ccc(Cl)cc3)c3c(sc(C)c3C)-n3c(C)nnc32)CCOCCOCCOCCNC(=O)CC2N=C(c3ccc(Cl)cc3)c3c(sc(C)c3C)-n3c(C)nnc32)C(C)(C)C)cc1. The lowest BCUT2D eigenvalue weighted by Gasteiger charge is -2.35. The van der Waals surface area contributed by atoms with Crippen LogP contribution >= 0.6 is 68.0 Å². The van der Waals surface area contributed by atoms with Crippen molar-refractivity contribution in [3.8, 4) is 20.4 Å². The highest BCUT2D eigenvalue weighted by atomic mass is 35.5. The quantitative estimate of drug-likeness (QED) is 0.0156. The second kappa shape index (κ2) is 45.3. The Morgan fingerprint density at radius 3 is 1.52 bits per heavy atom. The molecule has 0 saturated carbocycles. The maximum atomic E-state index is 15.0. The van der Waals surface area contributed by atoms with Crippen LogP contribution < -0.4 is 21.3 Å². The Kier molecular flexibility index (Phi) is 35.1. The largest absolute Gasteiger partial charge is 0.508 e. The number of hydrogen-bond donors (Lipinski definition) is 4. The highest BCUT2D eigenvalue weighted by Gasteiger charge is 2.47. The van der Waals surface area contributed by atoms with Crippen LogP contribution in [0.25, 0.3) is 20.4 Å². The van der Waals surface area contributed by atoms with Crippen LogP contribution in [0.1, 0.15) is 163 Å². The van der Waals surface area contributed by atoms with E-state index in [1.165, 1.54) is 16.2 Å². The summed E-state index contributed by atoms with van der Waals surface area (Å²) in [5, 5.41) is 32.7. The molecule has 5 aromatic heterocycles. The van der Waals surface area contributed by atoms with Gasteiger partial charge < -0.3 is 69.0 Å². The van der Waals surface area contributed by atoms with Gasteiger partial charge in [-0.2, -0.15) is 0 Å². The van der Waals surface area contributed by atoms with Crippen LogP contribution in [0.2, 0.25) is 10.0 Å². The first-order valence-corrected chi connectivity index (χ1v) is 48.2. The van der Waals surface area contributed by atoms with Crippen LogP contribution in [0.5, 0.6) is 0 Å². The molecule has 3 aliphatic rings. The number of thiazole rings is 1. The lowest BCUT2D eigenvalue weighted by molar-refractivity contribution is -0.144. The van der Waals surface area contributed by atoms with Gasteiger partial charge in [-0.25, -0.2) is 18.2 Å². The van der Waals surface area contributed by atoms with Gasteiger partial charge >= 0.3 is 6.16 Å². The maximum absolute atomic E-state index is 15.0. The molecule has 0 bridgehead atoms. The number of ether oxygens (including phenoxy) is 8. The Bertz CT molecular complexity index is 5100. The van der Waals surface area contributed by atoms with Crippen LogP contribution in [-0.2, 0) is 82.1 Å². The monoisotopic (exact) mass is 1870 g/mol. The first kappa shape index (κ1) is 97.6. The minimum Gasteiger partial charge on any atom is -0.433 e. The average Bonchev–Trinajstić information content (AvgIpc) is 1.59. The second-order valence-electron chi connectivity index (χ2n) is 32.4. The predicted molar refractivity (Wildman–Crippen MR) is 486 cm³/mol. The molecule has 39 heteroatoms. The average molecular weight is 1870 g/mol. The number of rotatable bonds is 45. The van der Waals surface area contributed by atoms with Gasteiger partial charge in [-0.05, 0) is 131 Å². The molecule has 3 unspecified atom stereocenters. The smallest absolute Gasteiger partial charge is 0.433 e. The summed E-state index contributed by atoms with van der Waals surface area (Å²) in [6, 6.07) is 19.1. The predicted octanol–water partition coefficient (Wildman–Crippen LogP) is 11.6. The molecule has 6 amide bonds. The van der Waals surface area contributed by atoms with E-state index in [0.717, 1.165) is 92.5 Å². The van der Waals surface area contributed by atoms with Crippen molar-refractivity contribution in [3.05, 3.63) is 166 Å². The fourth-order valence-corrected chi connectivity index (χ4v) is 21.6. The van der Waals surface area contributed by atoms with E-state index in [2.05, 4.69) is 74.3 Å². The Labute approximate surface area is 760 Å². The summed E-state index contributed by atoms with van der Waals surface area (Å²) < 4.78 is 73.3. The summed E-state index contributed by atoms with van der Waals surface area (Å²) in [7, 11) is -2.88. The fourth-order valence-electron chi connectivity index (χ4n) is 14.6. The van der Waals surface area contributed by atoms with Gasteiger partial charge in [0.25, 0.3) is 0 Å².